The number of hydrogen-bond acceptors (Lipinski definition) is 1. The first-order valence-corrected chi connectivity index (χ1v) is 11.9. The zero-order chi connectivity index (χ0) is 15.3. The summed E-state index contributed by atoms with van der Waals surface area (Å²) in [5.74, 6) is 0. The Labute approximate surface area is 141 Å². The van der Waals surface area contributed by atoms with Gasteiger partial charge in [0.25, 0.3) is 0 Å². The molecule has 22 heavy (non-hydrogen) atoms. The van der Waals surface area contributed by atoms with Gasteiger partial charge in [0.15, 0.2) is 0 Å². The third-order valence-corrected chi connectivity index (χ3v) is 12.2. The van der Waals surface area contributed by atoms with Crippen molar-refractivity contribution >= 4 is 42.3 Å². The molecule has 1 nitrogen and oxygen atoms in total. The summed E-state index contributed by atoms with van der Waals surface area (Å²) in [6.07, 6.45) is 0. The van der Waals surface area contributed by atoms with Crippen LogP contribution in [0.5, 0.6) is 0 Å². The Morgan fingerprint density at radius 1 is 0.636 bits per heavy atom. The summed E-state index contributed by atoms with van der Waals surface area (Å²) in [5.41, 5.74) is 0. The predicted molar refractivity (Wildman–Crippen MR) is 96.5 cm³/mol. The van der Waals surface area contributed by atoms with E-state index >= 15 is 0 Å². The van der Waals surface area contributed by atoms with E-state index in [2.05, 4.69) is 24.3 Å². The third kappa shape index (κ3) is 3.53. The van der Waals surface area contributed by atoms with Crippen molar-refractivity contribution in [1.29, 1.82) is 0 Å². The van der Waals surface area contributed by atoms with Gasteiger partial charge in [-0.2, -0.15) is 0 Å². The summed E-state index contributed by atoms with van der Waals surface area (Å²) < 4.78 is 16.0. The summed E-state index contributed by atoms with van der Waals surface area (Å²) in [4.78, 5) is 0. The first kappa shape index (κ1) is 15.6. The Hall–Kier alpha value is -1.32. The summed E-state index contributed by atoms with van der Waals surface area (Å²) in [6, 6.07) is 30.4. The van der Waals surface area contributed by atoms with E-state index in [1.807, 2.05) is 66.7 Å². The van der Waals surface area contributed by atoms with Crippen molar-refractivity contribution in [2.45, 2.75) is 0 Å². The fraction of sp³-hybridized carbons (Fsp3) is 0.0526. The van der Waals surface area contributed by atoms with Gasteiger partial charge in [-0.15, -0.1) is 0 Å². The first-order valence-electron chi connectivity index (χ1n) is 7.17. The predicted octanol–water partition coefficient (Wildman–Crippen LogP) is 2.99. The molecular formula is C19H17OPTe. The molecule has 0 N–H and O–H groups in total. The second-order valence-electron chi connectivity index (χ2n) is 5.00. The van der Waals surface area contributed by atoms with Gasteiger partial charge in [-0.1, -0.05) is 0 Å². The van der Waals surface area contributed by atoms with Crippen molar-refractivity contribution < 1.29 is 4.57 Å². The Bertz CT molecular complexity index is 714. The van der Waals surface area contributed by atoms with Crippen LogP contribution in [0.4, 0.5) is 0 Å². The zero-order valence-corrected chi connectivity index (χ0v) is 15.4. The van der Waals surface area contributed by atoms with Crippen molar-refractivity contribution in [3.05, 3.63) is 91.0 Å². The van der Waals surface area contributed by atoms with E-state index in [0.717, 1.165) is 14.8 Å². The number of rotatable bonds is 5. The maximum absolute atomic E-state index is 13.8. The second kappa shape index (κ2) is 7.30. The van der Waals surface area contributed by atoms with Crippen LogP contribution in [0, 0.1) is 0 Å². The van der Waals surface area contributed by atoms with Crippen LogP contribution in [0.1, 0.15) is 0 Å². The van der Waals surface area contributed by atoms with Crippen molar-refractivity contribution in [3.63, 3.8) is 0 Å². The molecule has 0 aliphatic rings. The maximum atomic E-state index is 13.8. The Kier molecular flexibility index (Phi) is 5.16. The molecule has 0 saturated heterocycles. The minimum absolute atomic E-state index is 0.477. The summed E-state index contributed by atoms with van der Waals surface area (Å²) in [5, 5.41) is 1.95. The summed E-state index contributed by atoms with van der Waals surface area (Å²) in [7, 11) is -2.53. The molecule has 0 heterocycles. The van der Waals surface area contributed by atoms with Crippen LogP contribution in [0.2, 0.25) is 0 Å². The standard InChI is InChI=1S/C19H17OPTe/c20-21(17-10-4-1-5-11-17,18-12-6-2-7-13-18)16-22-19-14-8-3-9-15-19/h1-15H,16H2. The molecule has 0 atom stereocenters. The van der Waals surface area contributed by atoms with E-state index in [-0.39, 0.29) is 0 Å². The fourth-order valence-electron chi connectivity index (χ4n) is 2.32. The molecule has 0 fully saturated rings. The van der Waals surface area contributed by atoms with E-state index in [0.29, 0.717) is 0 Å². The molecule has 0 aliphatic heterocycles. The topological polar surface area (TPSA) is 17.1 Å². The van der Waals surface area contributed by atoms with Crippen molar-refractivity contribution in [1.82, 2.24) is 0 Å². The van der Waals surface area contributed by atoms with Gasteiger partial charge in [0.1, 0.15) is 0 Å². The molecule has 0 unspecified atom stereocenters. The van der Waals surface area contributed by atoms with Crippen molar-refractivity contribution in [2.75, 3.05) is 4.21 Å². The molecule has 3 rings (SSSR count). The molecule has 110 valence electrons. The van der Waals surface area contributed by atoms with Crippen molar-refractivity contribution in [3.8, 4) is 0 Å². The molecule has 0 saturated carbocycles. The van der Waals surface area contributed by atoms with Gasteiger partial charge in [0.2, 0.25) is 0 Å². The van der Waals surface area contributed by atoms with E-state index in [4.69, 9.17) is 0 Å². The van der Waals surface area contributed by atoms with Crippen LogP contribution in [0.15, 0.2) is 91.0 Å². The third-order valence-electron chi connectivity index (χ3n) is 3.50. The average Bonchev–Trinajstić information content (AvgIpc) is 2.62. The molecule has 0 spiro atoms. The van der Waals surface area contributed by atoms with Gasteiger partial charge >= 0.3 is 142 Å². The van der Waals surface area contributed by atoms with Crippen LogP contribution >= 0.6 is 7.14 Å². The van der Waals surface area contributed by atoms with Crippen LogP contribution < -0.4 is 14.2 Å². The molecule has 3 aromatic carbocycles. The Morgan fingerprint density at radius 2 is 1.05 bits per heavy atom. The van der Waals surface area contributed by atoms with Crippen LogP contribution in [-0.4, -0.2) is 25.1 Å². The fourth-order valence-corrected chi connectivity index (χ4v) is 10.9. The van der Waals surface area contributed by atoms with Crippen molar-refractivity contribution in [2.24, 2.45) is 0 Å². The van der Waals surface area contributed by atoms with Gasteiger partial charge in [-0.05, 0) is 0 Å². The SMILES string of the molecule is O=P(C[Te]c1ccccc1)(c1ccccc1)c1ccccc1. The van der Waals surface area contributed by atoms with Gasteiger partial charge in [0.05, 0.1) is 0 Å². The first-order chi connectivity index (χ1) is 10.8. The molecule has 0 bridgehead atoms. The van der Waals surface area contributed by atoms with E-state index < -0.39 is 28.1 Å². The Balaban J connectivity index is 1.95. The molecule has 3 heteroatoms. The minimum atomic E-state index is -2.53. The van der Waals surface area contributed by atoms with E-state index in [1.54, 1.807) is 0 Å². The van der Waals surface area contributed by atoms with Gasteiger partial charge in [-0.25, -0.2) is 0 Å². The number of benzene rings is 3. The molecule has 0 radical (unpaired) electrons. The molecule has 0 aromatic heterocycles. The quantitative estimate of drug-likeness (QED) is 0.459. The molecular weight excluding hydrogens is 403 g/mol. The molecule has 3 aromatic rings. The summed E-state index contributed by atoms with van der Waals surface area (Å²) in [6.45, 7) is 0. The average molecular weight is 420 g/mol. The second-order valence-corrected chi connectivity index (χ2v) is 12.1. The molecule has 0 amide bonds. The Morgan fingerprint density at radius 3 is 1.50 bits per heavy atom. The van der Waals surface area contributed by atoms with Gasteiger partial charge in [-0.3, -0.25) is 0 Å². The van der Waals surface area contributed by atoms with Crippen LogP contribution in [0.3, 0.4) is 0 Å². The monoisotopic (exact) mass is 422 g/mol. The zero-order valence-electron chi connectivity index (χ0n) is 12.1. The number of hydrogen-bond donors (Lipinski definition) is 0. The summed E-state index contributed by atoms with van der Waals surface area (Å²) >= 11 is -0.477. The molecule has 0 aliphatic carbocycles. The van der Waals surface area contributed by atoms with Gasteiger partial charge in [0, 0.05) is 0 Å². The van der Waals surface area contributed by atoms with Crippen LogP contribution in [-0.2, 0) is 4.57 Å². The normalized spacial score (nSPS) is 11.3. The van der Waals surface area contributed by atoms with Gasteiger partial charge < -0.3 is 0 Å². The van der Waals surface area contributed by atoms with Crippen LogP contribution in [0.25, 0.3) is 0 Å². The van der Waals surface area contributed by atoms with E-state index in [9.17, 15) is 4.57 Å². The van der Waals surface area contributed by atoms with E-state index in [1.165, 1.54) is 3.61 Å².